The molecule has 2 fully saturated rings. The van der Waals surface area contributed by atoms with Crippen LogP contribution in [-0.2, 0) is 6.18 Å². The van der Waals surface area contributed by atoms with Crippen molar-refractivity contribution in [2.24, 2.45) is 5.92 Å². The molecule has 132 valence electrons. The highest BCUT2D eigenvalue weighted by atomic mass is 19.4. The summed E-state index contributed by atoms with van der Waals surface area (Å²) in [6.45, 7) is 1.94. The number of alkyl halides is 3. The first-order valence-corrected chi connectivity index (χ1v) is 8.23. The average molecular weight is 344 g/mol. The highest BCUT2D eigenvalue weighted by molar-refractivity contribution is 5.94. The lowest BCUT2D eigenvalue weighted by Crippen LogP contribution is -2.45. The predicted molar refractivity (Wildman–Crippen MR) is 81.1 cm³/mol. The molecule has 1 aliphatic heterocycles. The Kier molecular flexibility index (Phi) is 4.80. The van der Waals surface area contributed by atoms with E-state index < -0.39 is 23.5 Å². The van der Waals surface area contributed by atoms with Gasteiger partial charge in [0.05, 0.1) is 5.56 Å². The van der Waals surface area contributed by atoms with E-state index in [2.05, 4.69) is 5.32 Å². The predicted octanol–water partition coefficient (Wildman–Crippen LogP) is 3.45. The third-order valence-electron chi connectivity index (χ3n) is 4.65. The normalized spacial score (nSPS) is 19.6. The Labute approximate surface area is 138 Å². The first-order valence-electron chi connectivity index (χ1n) is 8.23. The summed E-state index contributed by atoms with van der Waals surface area (Å²) < 4.78 is 51.7. The van der Waals surface area contributed by atoms with Crippen LogP contribution >= 0.6 is 0 Å². The van der Waals surface area contributed by atoms with E-state index in [9.17, 15) is 22.4 Å². The summed E-state index contributed by atoms with van der Waals surface area (Å²) >= 11 is 0. The number of hydrogen-bond donors (Lipinski definition) is 1. The highest BCUT2D eigenvalue weighted by Crippen LogP contribution is 2.31. The van der Waals surface area contributed by atoms with Crippen LogP contribution in [0.1, 0.15) is 41.6 Å². The number of halogens is 4. The summed E-state index contributed by atoms with van der Waals surface area (Å²) in [7, 11) is 0. The zero-order valence-corrected chi connectivity index (χ0v) is 13.2. The van der Waals surface area contributed by atoms with Crippen LogP contribution in [0.25, 0.3) is 0 Å². The van der Waals surface area contributed by atoms with Crippen molar-refractivity contribution in [3.63, 3.8) is 0 Å². The van der Waals surface area contributed by atoms with Crippen molar-refractivity contribution in [2.45, 2.75) is 37.9 Å². The van der Waals surface area contributed by atoms with Crippen LogP contribution in [0.15, 0.2) is 18.2 Å². The zero-order valence-electron chi connectivity index (χ0n) is 13.2. The van der Waals surface area contributed by atoms with Gasteiger partial charge in [0.15, 0.2) is 0 Å². The summed E-state index contributed by atoms with van der Waals surface area (Å²) in [5, 5.41) is 3.47. The van der Waals surface area contributed by atoms with E-state index in [1.807, 2.05) is 0 Å². The van der Waals surface area contributed by atoms with Crippen LogP contribution in [0.5, 0.6) is 0 Å². The standard InChI is InChI=1S/C17H20F4N2O/c18-14-8-12(7-13(9-14)17(19,20)21)16(24)23-5-3-15(4-6-23)22-10-11-1-2-11/h7-9,11,15,22H,1-6,10H2. The molecule has 0 radical (unpaired) electrons. The molecule has 0 unspecified atom stereocenters. The van der Waals surface area contributed by atoms with E-state index in [1.165, 1.54) is 17.7 Å². The molecule has 1 N–H and O–H groups in total. The van der Waals surface area contributed by atoms with E-state index in [0.717, 1.165) is 37.4 Å². The number of amides is 1. The molecule has 1 heterocycles. The second-order valence-electron chi connectivity index (χ2n) is 6.64. The number of nitrogens with zero attached hydrogens (tertiary/aromatic N) is 1. The molecule has 0 spiro atoms. The van der Waals surface area contributed by atoms with Crippen LogP contribution in [0.4, 0.5) is 17.6 Å². The smallest absolute Gasteiger partial charge is 0.339 e. The molecular weight excluding hydrogens is 324 g/mol. The fraction of sp³-hybridized carbons (Fsp3) is 0.588. The molecule has 3 rings (SSSR count). The fourth-order valence-corrected chi connectivity index (χ4v) is 3.00. The maximum Gasteiger partial charge on any atom is 0.416 e. The molecule has 7 heteroatoms. The van der Waals surface area contributed by atoms with Gasteiger partial charge in [0.25, 0.3) is 5.91 Å². The van der Waals surface area contributed by atoms with Gasteiger partial charge in [-0.15, -0.1) is 0 Å². The Hall–Kier alpha value is -1.63. The molecule has 1 aromatic rings. The minimum atomic E-state index is -4.67. The number of hydrogen-bond acceptors (Lipinski definition) is 2. The van der Waals surface area contributed by atoms with Gasteiger partial charge in [-0.3, -0.25) is 4.79 Å². The molecule has 3 nitrogen and oxygen atoms in total. The Bertz CT molecular complexity index is 605. The van der Waals surface area contributed by atoms with Gasteiger partial charge >= 0.3 is 6.18 Å². The lowest BCUT2D eigenvalue weighted by molar-refractivity contribution is -0.137. The zero-order chi connectivity index (χ0) is 17.3. The summed E-state index contributed by atoms with van der Waals surface area (Å²) in [6, 6.07) is 2.34. The Morgan fingerprint density at radius 2 is 1.79 bits per heavy atom. The van der Waals surface area contributed by atoms with Crippen molar-refractivity contribution in [2.75, 3.05) is 19.6 Å². The molecule has 1 amide bonds. The molecule has 2 aliphatic rings. The summed E-state index contributed by atoms with van der Waals surface area (Å²) in [5.74, 6) is -0.812. The molecule has 1 aromatic carbocycles. The third-order valence-corrected chi connectivity index (χ3v) is 4.65. The average Bonchev–Trinajstić information content (AvgIpc) is 3.35. The Morgan fingerprint density at radius 3 is 2.38 bits per heavy atom. The second kappa shape index (κ2) is 6.70. The number of nitrogens with one attached hydrogen (secondary N) is 1. The monoisotopic (exact) mass is 344 g/mol. The van der Waals surface area contributed by atoms with Gasteiger partial charge in [0.2, 0.25) is 0 Å². The summed E-state index contributed by atoms with van der Waals surface area (Å²) in [6.07, 6.45) is -0.604. The van der Waals surface area contributed by atoms with E-state index in [1.54, 1.807) is 0 Å². The maximum absolute atomic E-state index is 13.4. The largest absolute Gasteiger partial charge is 0.416 e. The van der Waals surface area contributed by atoms with Crippen molar-refractivity contribution in [1.82, 2.24) is 10.2 Å². The minimum absolute atomic E-state index is 0.244. The lowest BCUT2D eigenvalue weighted by atomic mass is 10.0. The number of benzene rings is 1. The maximum atomic E-state index is 13.4. The molecule has 0 aromatic heterocycles. The van der Waals surface area contributed by atoms with E-state index in [4.69, 9.17) is 0 Å². The van der Waals surface area contributed by atoms with Gasteiger partial charge in [0.1, 0.15) is 5.82 Å². The topological polar surface area (TPSA) is 32.3 Å². The third kappa shape index (κ3) is 4.26. The summed E-state index contributed by atoms with van der Waals surface area (Å²) in [4.78, 5) is 13.9. The van der Waals surface area contributed by atoms with Crippen LogP contribution in [0.2, 0.25) is 0 Å². The molecule has 1 aliphatic carbocycles. The molecule has 0 bridgehead atoms. The Balaban J connectivity index is 1.61. The molecule has 0 atom stereocenters. The van der Waals surface area contributed by atoms with Crippen LogP contribution in [0.3, 0.4) is 0 Å². The van der Waals surface area contributed by atoms with Gasteiger partial charge in [-0.05, 0) is 56.3 Å². The summed E-state index contributed by atoms with van der Waals surface area (Å²) in [5.41, 5.74) is -1.38. The number of rotatable bonds is 4. The number of carbonyl (C=O) groups is 1. The van der Waals surface area contributed by atoms with Crippen LogP contribution in [0, 0.1) is 11.7 Å². The van der Waals surface area contributed by atoms with E-state index >= 15 is 0 Å². The van der Waals surface area contributed by atoms with Crippen molar-refractivity contribution in [3.05, 3.63) is 35.1 Å². The van der Waals surface area contributed by atoms with Gasteiger partial charge in [-0.25, -0.2) is 4.39 Å². The number of carbonyl (C=O) groups excluding carboxylic acids is 1. The highest BCUT2D eigenvalue weighted by Gasteiger charge is 2.33. The molecule has 1 saturated carbocycles. The van der Waals surface area contributed by atoms with Crippen molar-refractivity contribution >= 4 is 5.91 Å². The van der Waals surface area contributed by atoms with Crippen LogP contribution < -0.4 is 5.32 Å². The fourth-order valence-electron chi connectivity index (χ4n) is 3.00. The van der Waals surface area contributed by atoms with Crippen LogP contribution in [-0.4, -0.2) is 36.5 Å². The Morgan fingerprint density at radius 1 is 1.12 bits per heavy atom. The van der Waals surface area contributed by atoms with Gasteiger partial charge < -0.3 is 10.2 Å². The van der Waals surface area contributed by atoms with E-state index in [0.29, 0.717) is 25.2 Å². The van der Waals surface area contributed by atoms with Crippen molar-refractivity contribution < 1.29 is 22.4 Å². The number of likely N-dealkylation sites (tertiary alicyclic amines) is 1. The molecule has 1 saturated heterocycles. The SMILES string of the molecule is O=C(c1cc(F)cc(C(F)(F)F)c1)N1CCC(NCC2CC2)CC1. The van der Waals surface area contributed by atoms with E-state index in [-0.39, 0.29) is 5.56 Å². The van der Waals surface area contributed by atoms with Crippen molar-refractivity contribution in [1.29, 1.82) is 0 Å². The van der Waals surface area contributed by atoms with Gasteiger partial charge in [0, 0.05) is 24.7 Å². The quantitative estimate of drug-likeness (QED) is 0.849. The lowest BCUT2D eigenvalue weighted by Gasteiger charge is -2.32. The number of piperidine rings is 1. The minimum Gasteiger partial charge on any atom is -0.339 e. The molecular formula is C17H20F4N2O. The van der Waals surface area contributed by atoms with Crippen molar-refractivity contribution in [3.8, 4) is 0 Å². The molecule has 24 heavy (non-hydrogen) atoms. The first-order chi connectivity index (χ1) is 11.3. The van der Waals surface area contributed by atoms with Gasteiger partial charge in [-0.2, -0.15) is 13.2 Å². The first kappa shape index (κ1) is 17.2. The second-order valence-corrected chi connectivity index (χ2v) is 6.64. The van der Waals surface area contributed by atoms with Gasteiger partial charge in [-0.1, -0.05) is 0 Å².